The SMILES string of the molecule is [Cu].[Si].c1ccc2c(c1)Cc1ccccc1-2.c1ccccc1. The van der Waals surface area contributed by atoms with Crippen molar-refractivity contribution in [2.24, 2.45) is 0 Å². The van der Waals surface area contributed by atoms with E-state index in [2.05, 4.69) is 48.5 Å². The summed E-state index contributed by atoms with van der Waals surface area (Å²) in [5, 5.41) is 0. The zero-order valence-corrected chi connectivity index (χ0v) is 13.5. The summed E-state index contributed by atoms with van der Waals surface area (Å²) in [5.41, 5.74) is 5.75. The molecule has 2 heteroatoms. The number of fused-ring (bicyclic) bond motifs is 3. The molecule has 0 nitrogen and oxygen atoms in total. The molecule has 0 amide bonds. The molecule has 0 saturated heterocycles. The van der Waals surface area contributed by atoms with Crippen molar-refractivity contribution in [3.8, 4) is 11.1 Å². The predicted molar refractivity (Wildman–Crippen MR) is 86.9 cm³/mol. The Labute approximate surface area is 141 Å². The van der Waals surface area contributed by atoms with Crippen LogP contribution in [0, 0.1) is 0 Å². The molecule has 3 aromatic rings. The van der Waals surface area contributed by atoms with Gasteiger partial charge in [-0.25, -0.2) is 0 Å². The fourth-order valence-corrected chi connectivity index (χ4v) is 2.46. The Morgan fingerprint density at radius 3 is 1.19 bits per heavy atom. The average molecular weight is 336 g/mol. The Morgan fingerprint density at radius 1 is 0.476 bits per heavy atom. The van der Waals surface area contributed by atoms with Gasteiger partial charge in [0.1, 0.15) is 0 Å². The van der Waals surface area contributed by atoms with E-state index in [4.69, 9.17) is 0 Å². The van der Waals surface area contributed by atoms with Gasteiger partial charge in [-0.3, -0.25) is 0 Å². The van der Waals surface area contributed by atoms with Crippen molar-refractivity contribution in [3.05, 3.63) is 96.1 Å². The summed E-state index contributed by atoms with van der Waals surface area (Å²) in [6, 6.07) is 29.3. The fraction of sp³-hybridized carbons (Fsp3) is 0.0526. The van der Waals surface area contributed by atoms with E-state index >= 15 is 0 Å². The third-order valence-electron chi connectivity index (χ3n) is 3.37. The zero-order chi connectivity index (χ0) is 12.9. The molecule has 0 spiro atoms. The van der Waals surface area contributed by atoms with Crippen LogP contribution in [0.4, 0.5) is 0 Å². The monoisotopic (exact) mass is 335 g/mol. The minimum Gasteiger partial charge on any atom is -0.0623 e. The van der Waals surface area contributed by atoms with E-state index in [1.807, 2.05) is 36.4 Å². The molecule has 1 aliphatic rings. The third-order valence-corrected chi connectivity index (χ3v) is 3.37. The summed E-state index contributed by atoms with van der Waals surface area (Å²) in [6.07, 6.45) is 1.10. The quantitative estimate of drug-likeness (QED) is 0.413. The van der Waals surface area contributed by atoms with Crippen molar-refractivity contribution in [2.45, 2.75) is 6.42 Å². The number of benzene rings is 3. The van der Waals surface area contributed by atoms with Crippen molar-refractivity contribution in [1.29, 1.82) is 0 Å². The van der Waals surface area contributed by atoms with Crippen LogP contribution in [0.2, 0.25) is 0 Å². The van der Waals surface area contributed by atoms with E-state index < -0.39 is 0 Å². The standard InChI is InChI=1S/C13H10.C6H6.Cu.Si/c1-3-7-12-10(5-1)9-11-6-2-4-8-13(11)12;1-2-4-6-5-3-1;;/h1-8H,9H2;1-6H;;. The normalized spacial score (nSPS) is 9.90. The van der Waals surface area contributed by atoms with Gasteiger partial charge in [-0.15, -0.1) is 0 Å². The smallest absolute Gasteiger partial charge is 0 e. The minimum absolute atomic E-state index is 0. The summed E-state index contributed by atoms with van der Waals surface area (Å²) in [5.74, 6) is 0. The molecule has 5 radical (unpaired) electrons. The fourth-order valence-electron chi connectivity index (χ4n) is 2.46. The Kier molecular flexibility index (Phi) is 7.17. The first kappa shape index (κ1) is 17.4. The van der Waals surface area contributed by atoms with E-state index in [0.717, 1.165) is 6.42 Å². The van der Waals surface area contributed by atoms with Gasteiger partial charge in [0.05, 0.1) is 0 Å². The minimum atomic E-state index is 0. The summed E-state index contributed by atoms with van der Waals surface area (Å²) in [4.78, 5) is 0. The Morgan fingerprint density at radius 2 is 0.810 bits per heavy atom. The summed E-state index contributed by atoms with van der Waals surface area (Å²) < 4.78 is 0. The van der Waals surface area contributed by atoms with Crippen molar-refractivity contribution in [1.82, 2.24) is 0 Å². The van der Waals surface area contributed by atoms with Crippen LogP contribution >= 0.6 is 0 Å². The molecule has 3 aromatic carbocycles. The van der Waals surface area contributed by atoms with Gasteiger partial charge < -0.3 is 0 Å². The maximum atomic E-state index is 2.22. The van der Waals surface area contributed by atoms with Gasteiger partial charge in [-0.05, 0) is 28.7 Å². The first-order valence-corrected chi connectivity index (χ1v) is 6.61. The summed E-state index contributed by atoms with van der Waals surface area (Å²) >= 11 is 0. The molecule has 0 heterocycles. The molecule has 0 bridgehead atoms. The molecule has 0 aliphatic heterocycles. The van der Waals surface area contributed by atoms with Gasteiger partial charge in [0, 0.05) is 28.0 Å². The van der Waals surface area contributed by atoms with Gasteiger partial charge >= 0.3 is 0 Å². The molecule has 0 aromatic heterocycles. The average Bonchev–Trinajstić information content (AvgIpc) is 2.88. The number of rotatable bonds is 0. The van der Waals surface area contributed by atoms with Crippen LogP contribution in [0.3, 0.4) is 0 Å². The molecule has 107 valence electrons. The van der Waals surface area contributed by atoms with E-state index in [9.17, 15) is 0 Å². The summed E-state index contributed by atoms with van der Waals surface area (Å²) in [7, 11) is 0. The Hall–Kier alpha value is -1.60. The first-order valence-electron chi connectivity index (χ1n) is 6.61. The van der Waals surface area contributed by atoms with E-state index in [1.54, 1.807) is 0 Å². The molecule has 0 atom stereocenters. The van der Waals surface area contributed by atoms with Gasteiger partial charge in [-0.2, -0.15) is 0 Å². The van der Waals surface area contributed by atoms with Gasteiger partial charge in [0.15, 0.2) is 0 Å². The molecule has 0 fully saturated rings. The van der Waals surface area contributed by atoms with E-state index in [1.165, 1.54) is 22.3 Å². The van der Waals surface area contributed by atoms with Crippen LogP contribution < -0.4 is 0 Å². The van der Waals surface area contributed by atoms with Gasteiger partial charge in [0.2, 0.25) is 0 Å². The molecule has 0 unspecified atom stereocenters. The first-order chi connectivity index (χ1) is 9.45. The molecular weight excluding hydrogens is 320 g/mol. The molecule has 0 saturated carbocycles. The third kappa shape index (κ3) is 4.18. The van der Waals surface area contributed by atoms with Crippen LogP contribution in [0.25, 0.3) is 11.1 Å². The topological polar surface area (TPSA) is 0 Å². The van der Waals surface area contributed by atoms with Crippen molar-refractivity contribution >= 4 is 11.0 Å². The van der Waals surface area contributed by atoms with Crippen molar-refractivity contribution in [3.63, 3.8) is 0 Å². The molecule has 4 rings (SSSR count). The van der Waals surface area contributed by atoms with Crippen LogP contribution in [-0.4, -0.2) is 11.0 Å². The van der Waals surface area contributed by atoms with Crippen LogP contribution in [0.1, 0.15) is 11.1 Å². The largest absolute Gasteiger partial charge is 0.0623 e. The van der Waals surface area contributed by atoms with E-state index in [-0.39, 0.29) is 28.0 Å². The maximum absolute atomic E-state index is 2.22. The van der Waals surface area contributed by atoms with Gasteiger partial charge in [-0.1, -0.05) is 84.9 Å². The second-order valence-electron chi connectivity index (χ2n) is 4.65. The molecule has 21 heavy (non-hydrogen) atoms. The predicted octanol–water partition coefficient (Wildman–Crippen LogP) is 4.56. The molecular formula is C19H16CuSi. The second kappa shape index (κ2) is 8.63. The van der Waals surface area contributed by atoms with Crippen LogP contribution in [0.5, 0.6) is 0 Å². The van der Waals surface area contributed by atoms with Crippen molar-refractivity contribution in [2.75, 3.05) is 0 Å². The number of hydrogen-bond donors (Lipinski definition) is 0. The van der Waals surface area contributed by atoms with Crippen LogP contribution in [0.15, 0.2) is 84.9 Å². The molecule has 0 N–H and O–H groups in total. The Balaban J connectivity index is 0.000000239. The van der Waals surface area contributed by atoms with E-state index in [0.29, 0.717) is 0 Å². The maximum Gasteiger partial charge on any atom is 0 e. The van der Waals surface area contributed by atoms with Crippen LogP contribution in [-0.2, 0) is 23.5 Å². The second-order valence-corrected chi connectivity index (χ2v) is 4.65. The zero-order valence-electron chi connectivity index (χ0n) is 11.6. The Bertz CT molecular complexity index is 595. The molecule has 1 aliphatic carbocycles. The summed E-state index contributed by atoms with van der Waals surface area (Å²) in [6.45, 7) is 0. The van der Waals surface area contributed by atoms with Gasteiger partial charge in [0.25, 0.3) is 0 Å². The number of hydrogen-bond acceptors (Lipinski definition) is 0. The van der Waals surface area contributed by atoms with Crippen molar-refractivity contribution < 1.29 is 17.1 Å².